The maximum Gasteiger partial charge on any atom is 0.0529 e. The molecule has 0 amide bonds. The molecule has 0 fully saturated rings. The van der Waals surface area contributed by atoms with Crippen LogP contribution in [-0.4, -0.2) is 4.98 Å². The molecule has 2 rings (SSSR count). The van der Waals surface area contributed by atoms with Gasteiger partial charge in [0.1, 0.15) is 0 Å². The van der Waals surface area contributed by atoms with Crippen LogP contribution in [0.2, 0.25) is 10.0 Å². The van der Waals surface area contributed by atoms with Gasteiger partial charge in [-0.25, -0.2) is 0 Å². The highest BCUT2D eigenvalue weighted by Gasteiger charge is 1.99. The predicted molar refractivity (Wildman–Crippen MR) is 72.8 cm³/mol. The number of hydrogen-bond acceptors (Lipinski definition) is 2. The third kappa shape index (κ3) is 3.62. The number of anilines is 1. The number of nitrogens with zero attached hydrogens (tertiary/aromatic N) is 1. The molecular weight excluding hydrogens is 255 g/mol. The Kier molecular flexibility index (Phi) is 3.87. The van der Waals surface area contributed by atoms with Crippen LogP contribution in [0.4, 0.5) is 5.69 Å². The molecule has 1 heterocycles. The second-order valence-corrected chi connectivity index (χ2v) is 4.69. The molecule has 0 radical (unpaired) electrons. The second-order valence-electron chi connectivity index (χ2n) is 3.82. The van der Waals surface area contributed by atoms with Crippen molar-refractivity contribution in [2.24, 2.45) is 0 Å². The highest BCUT2D eigenvalue weighted by molar-refractivity contribution is 6.34. The lowest BCUT2D eigenvalue weighted by atomic mass is 10.2. The topological polar surface area (TPSA) is 24.9 Å². The lowest BCUT2D eigenvalue weighted by Gasteiger charge is -2.07. The van der Waals surface area contributed by atoms with Crippen LogP contribution in [-0.2, 0) is 6.54 Å². The fraction of sp³-hybridized carbons (Fsp3) is 0.154. The average Bonchev–Trinajstić information content (AvgIpc) is 2.27. The first-order valence-electron chi connectivity index (χ1n) is 5.25. The molecule has 0 bridgehead atoms. The SMILES string of the molecule is Cc1ccc(NCc2cc(Cl)cc(Cl)c2)cn1. The zero-order valence-corrected chi connectivity index (χ0v) is 10.9. The zero-order valence-electron chi connectivity index (χ0n) is 9.37. The molecule has 0 atom stereocenters. The fourth-order valence-electron chi connectivity index (χ4n) is 1.49. The standard InChI is InChI=1S/C13H12Cl2N2/c1-9-2-3-13(8-16-9)17-7-10-4-11(14)6-12(15)5-10/h2-6,8,17H,7H2,1H3. The minimum atomic E-state index is 0.649. The van der Waals surface area contributed by atoms with E-state index in [0.29, 0.717) is 16.6 Å². The highest BCUT2D eigenvalue weighted by atomic mass is 35.5. The Labute approximate surface area is 111 Å². The summed E-state index contributed by atoms with van der Waals surface area (Å²) in [5.41, 5.74) is 3.02. The Balaban J connectivity index is 2.04. The van der Waals surface area contributed by atoms with E-state index >= 15 is 0 Å². The van der Waals surface area contributed by atoms with E-state index in [-0.39, 0.29) is 0 Å². The maximum atomic E-state index is 5.93. The lowest BCUT2D eigenvalue weighted by Crippen LogP contribution is -1.99. The summed E-state index contributed by atoms with van der Waals surface area (Å²) in [4.78, 5) is 4.21. The van der Waals surface area contributed by atoms with Gasteiger partial charge in [-0.1, -0.05) is 23.2 Å². The van der Waals surface area contributed by atoms with E-state index in [4.69, 9.17) is 23.2 Å². The van der Waals surface area contributed by atoms with Crippen LogP contribution in [0.5, 0.6) is 0 Å². The van der Waals surface area contributed by atoms with Crippen LogP contribution < -0.4 is 5.32 Å². The van der Waals surface area contributed by atoms with Crippen molar-refractivity contribution in [2.45, 2.75) is 13.5 Å². The van der Waals surface area contributed by atoms with Gasteiger partial charge in [0.15, 0.2) is 0 Å². The van der Waals surface area contributed by atoms with Crippen LogP contribution in [0, 0.1) is 6.92 Å². The molecule has 4 heteroatoms. The van der Waals surface area contributed by atoms with E-state index in [1.165, 1.54) is 0 Å². The Morgan fingerprint density at radius 1 is 1.12 bits per heavy atom. The summed E-state index contributed by atoms with van der Waals surface area (Å²) in [6.07, 6.45) is 1.81. The summed E-state index contributed by atoms with van der Waals surface area (Å²) in [6, 6.07) is 9.46. The van der Waals surface area contributed by atoms with Gasteiger partial charge in [0.2, 0.25) is 0 Å². The van der Waals surface area contributed by atoms with Crippen molar-refractivity contribution in [1.82, 2.24) is 4.98 Å². The average molecular weight is 267 g/mol. The van der Waals surface area contributed by atoms with Gasteiger partial charge in [-0.3, -0.25) is 4.98 Å². The lowest BCUT2D eigenvalue weighted by molar-refractivity contribution is 1.12. The molecule has 0 saturated heterocycles. The number of benzene rings is 1. The first kappa shape index (κ1) is 12.2. The molecule has 0 aliphatic carbocycles. The predicted octanol–water partition coefficient (Wildman–Crippen LogP) is 4.31. The van der Waals surface area contributed by atoms with Crippen LogP contribution in [0.15, 0.2) is 36.5 Å². The van der Waals surface area contributed by atoms with E-state index in [2.05, 4.69) is 10.3 Å². The number of halogens is 2. The van der Waals surface area contributed by atoms with E-state index in [0.717, 1.165) is 16.9 Å². The first-order chi connectivity index (χ1) is 8.13. The fourth-order valence-corrected chi connectivity index (χ4v) is 2.06. The molecular formula is C13H12Cl2N2. The summed E-state index contributed by atoms with van der Waals surface area (Å²) in [5, 5.41) is 4.56. The molecule has 0 saturated carbocycles. The number of hydrogen-bond donors (Lipinski definition) is 1. The first-order valence-corrected chi connectivity index (χ1v) is 6.00. The van der Waals surface area contributed by atoms with Gasteiger partial charge < -0.3 is 5.32 Å². The molecule has 17 heavy (non-hydrogen) atoms. The second kappa shape index (κ2) is 5.39. The molecule has 2 aromatic rings. The van der Waals surface area contributed by atoms with Crippen LogP contribution in [0.25, 0.3) is 0 Å². The molecule has 1 N–H and O–H groups in total. The summed E-state index contributed by atoms with van der Waals surface area (Å²) >= 11 is 11.9. The van der Waals surface area contributed by atoms with Crippen molar-refractivity contribution < 1.29 is 0 Å². The van der Waals surface area contributed by atoms with Gasteiger partial charge in [0.05, 0.1) is 11.9 Å². The minimum Gasteiger partial charge on any atom is -0.380 e. The third-order valence-electron chi connectivity index (χ3n) is 2.33. The van der Waals surface area contributed by atoms with Gasteiger partial charge in [0, 0.05) is 22.3 Å². The van der Waals surface area contributed by atoms with Crippen LogP contribution in [0.3, 0.4) is 0 Å². The Morgan fingerprint density at radius 2 is 1.82 bits per heavy atom. The van der Waals surface area contributed by atoms with Crippen LogP contribution in [0.1, 0.15) is 11.3 Å². The molecule has 88 valence electrons. The van der Waals surface area contributed by atoms with E-state index in [1.54, 1.807) is 6.07 Å². The monoisotopic (exact) mass is 266 g/mol. The number of aromatic nitrogens is 1. The number of aryl methyl sites for hydroxylation is 1. The summed E-state index contributed by atoms with van der Waals surface area (Å²) < 4.78 is 0. The molecule has 0 aliphatic rings. The molecule has 1 aromatic heterocycles. The normalized spacial score (nSPS) is 10.3. The summed E-state index contributed by atoms with van der Waals surface area (Å²) in [7, 11) is 0. The Morgan fingerprint density at radius 3 is 2.41 bits per heavy atom. The molecule has 0 aliphatic heterocycles. The number of rotatable bonds is 3. The van der Waals surface area contributed by atoms with Gasteiger partial charge in [-0.2, -0.15) is 0 Å². The van der Waals surface area contributed by atoms with E-state index in [9.17, 15) is 0 Å². The van der Waals surface area contributed by atoms with E-state index < -0.39 is 0 Å². The quantitative estimate of drug-likeness (QED) is 0.896. The molecule has 0 spiro atoms. The minimum absolute atomic E-state index is 0.649. The van der Waals surface area contributed by atoms with Gasteiger partial charge >= 0.3 is 0 Å². The molecule has 0 unspecified atom stereocenters. The zero-order chi connectivity index (χ0) is 12.3. The molecule has 1 aromatic carbocycles. The van der Waals surface area contributed by atoms with Crippen molar-refractivity contribution in [3.8, 4) is 0 Å². The number of nitrogens with one attached hydrogen (secondary N) is 1. The van der Waals surface area contributed by atoms with Crippen LogP contribution >= 0.6 is 23.2 Å². The van der Waals surface area contributed by atoms with Gasteiger partial charge in [-0.15, -0.1) is 0 Å². The van der Waals surface area contributed by atoms with Crippen molar-refractivity contribution in [3.63, 3.8) is 0 Å². The Bertz CT molecular complexity index is 489. The smallest absolute Gasteiger partial charge is 0.0529 e. The number of pyridine rings is 1. The molecule has 2 nitrogen and oxygen atoms in total. The van der Waals surface area contributed by atoms with Crippen molar-refractivity contribution in [1.29, 1.82) is 0 Å². The van der Waals surface area contributed by atoms with Crippen molar-refractivity contribution in [3.05, 3.63) is 57.8 Å². The summed E-state index contributed by atoms with van der Waals surface area (Å²) in [6.45, 7) is 2.63. The largest absolute Gasteiger partial charge is 0.380 e. The highest BCUT2D eigenvalue weighted by Crippen LogP contribution is 2.19. The maximum absolute atomic E-state index is 5.93. The Hall–Kier alpha value is -1.25. The van der Waals surface area contributed by atoms with E-state index in [1.807, 2.05) is 37.4 Å². The van der Waals surface area contributed by atoms with Gasteiger partial charge in [-0.05, 0) is 42.8 Å². The summed E-state index contributed by atoms with van der Waals surface area (Å²) in [5.74, 6) is 0. The van der Waals surface area contributed by atoms with Gasteiger partial charge in [0.25, 0.3) is 0 Å². The third-order valence-corrected chi connectivity index (χ3v) is 2.77. The van der Waals surface area contributed by atoms with Crippen molar-refractivity contribution in [2.75, 3.05) is 5.32 Å². The van der Waals surface area contributed by atoms with Crippen molar-refractivity contribution >= 4 is 28.9 Å².